The number of rotatable bonds is 1. The van der Waals surface area contributed by atoms with Gasteiger partial charge in [0.05, 0.1) is 5.92 Å². The van der Waals surface area contributed by atoms with Crippen LogP contribution >= 0.6 is 11.6 Å². The summed E-state index contributed by atoms with van der Waals surface area (Å²) in [6, 6.07) is 5.01. The van der Waals surface area contributed by atoms with Crippen molar-refractivity contribution in [2.24, 2.45) is 5.92 Å². The molecule has 1 aliphatic heterocycles. The maximum absolute atomic E-state index is 12.9. The molecule has 0 amide bonds. The summed E-state index contributed by atoms with van der Waals surface area (Å²) in [6.07, 6.45) is -4.90. The lowest BCUT2D eigenvalue weighted by Gasteiger charge is -2.35. The van der Waals surface area contributed by atoms with E-state index in [0.717, 1.165) is 0 Å². The molecule has 0 aromatic heterocycles. The number of halogens is 4. The van der Waals surface area contributed by atoms with Crippen LogP contribution in [0.4, 0.5) is 13.2 Å². The highest BCUT2D eigenvalue weighted by atomic mass is 35.5. The summed E-state index contributed by atoms with van der Waals surface area (Å²) in [4.78, 5) is 25.2. The van der Waals surface area contributed by atoms with Gasteiger partial charge in [0, 0.05) is 5.02 Å². The van der Waals surface area contributed by atoms with Gasteiger partial charge in [-0.1, -0.05) is 23.7 Å². The van der Waals surface area contributed by atoms with E-state index in [9.17, 15) is 22.8 Å². The Hall–Kier alpha value is -1.56. The van der Waals surface area contributed by atoms with Crippen molar-refractivity contribution < 1.29 is 27.5 Å². The molecule has 1 aliphatic carbocycles. The zero-order valence-electron chi connectivity index (χ0n) is 13.0. The zero-order valence-corrected chi connectivity index (χ0v) is 13.7. The first kappa shape index (κ1) is 17.3. The zero-order chi connectivity index (χ0) is 17.7. The fraction of sp³-hybridized carbons (Fsp3) is 0.529. The summed E-state index contributed by atoms with van der Waals surface area (Å²) in [7, 11) is 0. The van der Waals surface area contributed by atoms with E-state index < -0.39 is 35.4 Å². The lowest BCUT2D eigenvalue weighted by atomic mass is 9.74. The molecule has 0 N–H and O–H groups in total. The molecule has 1 aromatic carbocycles. The van der Waals surface area contributed by atoms with Gasteiger partial charge in [0.1, 0.15) is 5.92 Å². The molecule has 130 valence electrons. The molecule has 1 unspecified atom stereocenters. The third-order valence-electron chi connectivity index (χ3n) is 5.06. The minimum Gasteiger partial charge on any atom is -0.450 e. The number of hydrogen-bond acceptors (Lipinski definition) is 3. The van der Waals surface area contributed by atoms with Crippen molar-refractivity contribution in [3.63, 3.8) is 0 Å². The minimum atomic E-state index is -4.29. The van der Waals surface area contributed by atoms with E-state index in [1.54, 1.807) is 25.1 Å². The third kappa shape index (κ3) is 2.70. The highest BCUT2D eigenvalue weighted by Gasteiger charge is 2.59. The largest absolute Gasteiger partial charge is 0.450 e. The van der Waals surface area contributed by atoms with Crippen LogP contribution in [0.25, 0.3) is 0 Å². The van der Waals surface area contributed by atoms with Crippen molar-refractivity contribution in [1.29, 1.82) is 0 Å². The number of ether oxygens (including phenoxy) is 1. The van der Waals surface area contributed by atoms with Crippen LogP contribution in [0.5, 0.6) is 0 Å². The molecule has 1 saturated heterocycles. The Morgan fingerprint density at radius 1 is 1.21 bits per heavy atom. The van der Waals surface area contributed by atoms with Gasteiger partial charge in [0.15, 0.2) is 11.4 Å². The monoisotopic (exact) mass is 360 g/mol. The van der Waals surface area contributed by atoms with Gasteiger partial charge in [-0.3, -0.25) is 9.59 Å². The quantitative estimate of drug-likeness (QED) is 0.552. The maximum Gasteiger partial charge on any atom is 0.391 e. The summed E-state index contributed by atoms with van der Waals surface area (Å²) in [6.45, 7) is 1.73. The summed E-state index contributed by atoms with van der Waals surface area (Å²) < 4.78 is 43.8. The molecule has 3 nitrogen and oxygen atoms in total. The summed E-state index contributed by atoms with van der Waals surface area (Å²) in [5.41, 5.74) is -0.363. The minimum absolute atomic E-state index is 0.0955. The van der Waals surface area contributed by atoms with Crippen LogP contribution in [0.3, 0.4) is 0 Å². The second kappa shape index (κ2) is 5.76. The first-order chi connectivity index (χ1) is 11.2. The molecule has 1 spiro atoms. The summed E-state index contributed by atoms with van der Waals surface area (Å²) in [5.74, 6) is -3.79. The van der Waals surface area contributed by atoms with Crippen molar-refractivity contribution in [2.45, 2.75) is 50.3 Å². The lowest BCUT2D eigenvalue weighted by molar-refractivity contribution is -0.194. The molecule has 1 atom stereocenters. The standard InChI is InChI=1S/C17H16ClF3O3/c1-9-3-2-4-11(18)12(9)13-14(22)16(24-15(13)23)7-5-10(6-8-16)17(19,20)21/h2-4,10,13H,5-8H2,1H3. The Morgan fingerprint density at radius 3 is 2.38 bits per heavy atom. The van der Waals surface area contributed by atoms with E-state index >= 15 is 0 Å². The van der Waals surface area contributed by atoms with Crippen molar-refractivity contribution in [3.05, 3.63) is 34.3 Å². The number of alkyl halides is 3. The average molecular weight is 361 g/mol. The van der Waals surface area contributed by atoms with E-state index in [1.165, 1.54) is 0 Å². The van der Waals surface area contributed by atoms with Crippen LogP contribution in [-0.4, -0.2) is 23.5 Å². The molecule has 1 heterocycles. The normalized spacial score (nSPS) is 30.7. The SMILES string of the molecule is Cc1cccc(Cl)c1C1C(=O)OC2(CCC(C(F)(F)F)CC2)C1=O. The van der Waals surface area contributed by atoms with Gasteiger partial charge in [-0.2, -0.15) is 13.2 Å². The Morgan fingerprint density at radius 2 is 1.83 bits per heavy atom. The predicted octanol–water partition coefficient (Wildman–Crippen LogP) is 4.35. The number of carbonyl (C=O) groups excluding carboxylic acids is 2. The molecule has 1 aromatic rings. The van der Waals surface area contributed by atoms with Gasteiger partial charge >= 0.3 is 12.1 Å². The fourth-order valence-corrected chi connectivity index (χ4v) is 4.02. The molecule has 24 heavy (non-hydrogen) atoms. The number of Topliss-reactive ketones (excluding diaryl/α,β-unsaturated/α-hetero) is 1. The van der Waals surface area contributed by atoms with Gasteiger partial charge < -0.3 is 4.74 Å². The van der Waals surface area contributed by atoms with E-state index in [0.29, 0.717) is 11.1 Å². The maximum atomic E-state index is 12.9. The van der Waals surface area contributed by atoms with Crippen LogP contribution in [-0.2, 0) is 14.3 Å². The third-order valence-corrected chi connectivity index (χ3v) is 5.39. The van der Waals surface area contributed by atoms with Crippen molar-refractivity contribution in [3.8, 4) is 0 Å². The molecule has 2 aliphatic rings. The smallest absolute Gasteiger partial charge is 0.391 e. The van der Waals surface area contributed by atoms with E-state index in [-0.39, 0.29) is 30.7 Å². The van der Waals surface area contributed by atoms with Crippen LogP contribution in [0.2, 0.25) is 5.02 Å². The molecule has 7 heteroatoms. The molecule has 3 rings (SSSR count). The molecule has 2 fully saturated rings. The lowest BCUT2D eigenvalue weighted by Crippen LogP contribution is -2.43. The van der Waals surface area contributed by atoms with E-state index in [4.69, 9.17) is 16.3 Å². The first-order valence-electron chi connectivity index (χ1n) is 7.74. The predicted molar refractivity (Wildman–Crippen MR) is 80.8 cm³/mol. The summed E-state index contributed by atoms with van der Waals surface area (Å²) >= 11 is 6.14. The van der Waals surface area contributed by atoms with Gasteiger partial charge in [-0.05, 0) is 49.8 Å². The van der Waals surface area contributed by atoms with Crippen LogP contribution < -0.4 is 0 Å². The molecule has 1 saturated carbocycles. The second-order valence-electron chi connectivity index (χ2n) is 6.50. The Bertz CT molecular complexity index is 671. The Balaban J connectivity index is 1.88. The van der Waals surface area contributed by atoms with E-state index in [2.05, 4.69) is 0 Å². The van der Waals surface area contributed by atoms with Crippen molar-refractivity contribution in [2.75, 3.05) is 0 Å². The topological polar surface area (TPSA) is 43.4 Å². The molecule has 0 radical (unpaired) electrons. The highest BCUT2D eigenvalue weighted by molar-refractivity contribution is 6.32. The van der Waals surface area contributed by atoms with Gasteiger partial charge in [0.2, 0.25) is 0 Å². The highest BCUT2D eigenvalue weighted by Crippen LogP contribution is 2.49. The van der Waals surface area contributed by atoms with Crippen LogP contribution in [0.1, 0.15) is 42.7 Å². The average Bonchev–Trinajstić information content (AvgIpc) is 2.71. The van der Waals surface area contributed by atoms with Crippen molar-refractivity contribution >= 4 is 23.4 Å². The second-order valence-corrected chi connectivity index (χ2v) is 6.91. The Labute approximate surface area is 142 Å². The first-order valence-corrected chi connectivity index (χ1v) is 8.12. The van der Waals surface area contributed by atoms with Gasteiger partial charge in [0.25, 0.3) is 0 Å². The fourth-order valence-electron chi connectivity index (χ4n) is 3.69. The summed E-state index contributed by atoms with van der Waals surface area (Å²) in [5, 5.41) is 0.284. The number of hydrogen-bond donors (Lipinski definition) is 0. The van der Waals surface area contributed by atoms with E-state index in [1.807, 2.05) is 0 Å². The van der Waals surface area contributed by atoms with Gasteiger partial charge in [-0.15, -0.1) is 0 Å². The number of ketones is 1. The number of esters is 1. The molecule has 0 bridgehead atoms. The van der Waals surface area contributed by atoms with Crippen LogP contribution in [0.15, 0.2) is 18.2 Å². The molecular formula is C17H16ClF3O3. The Kier molecular flexibility index (Phi) is 4.14. The van der Waals surface area contributed by atoms with Crippen LogP contribution in [0, 0.1) is 12.8 Å². The van der Waals surface area contributed by atoms with Crippen molar-refractivity contribution in [1.82, 2.24) is 0 Å². The van der Waals surface area contributed by atoms with Gasteiger partial charge in [-0.25, -0.2) is 0 Å². The number of aryl methyl sites for hydroxylation is 1. The number of carbonyl (C=O) groups is 2. The number of benzene rings is 1. The molecular weight excluding hydrogens is 345 g/mol.